The topological polar surface area (TPSA) is 72.6 Å². The zero-order chi connectivity index (χ0) is 15.7. The van der Waals surface area contributed by atoms with Gasteiger partial charge in [0.1, 0.15) is 5.75 Å². The average Bonchev–Trinajstić information content (AvgIpc) is 2.86. The molecule has 1 atom stereocenters. The molecule has 1 saturated heterocycles. The van der Waals surface area contributed by atoms with Crippen LogP contribution in [0, 0.1) is 5.92 Å². The molecule has 2 rings (SSSR count). The smallest absolute Gasteiger partial charge is 0.406 e. The molecule has 1 aliphatic heterocycles. The number of hydrogen-bond acceptors (Lipinski definition) is 4. The maximum Gasteiger partial charge on any atom is 0.573 e. The van der Waals surface area contributed by atoms with Crippen molar-refractivity contribution in [3.63, 3.8) is 0 Å². The summed E-state index contributed by atoms with van der Waals surface area (Å²) in [6.07, 6.45) is -4.21. The van der Waals surface area contributed by atoms with Gasteiger partial charge >= 0.3 is 6.36 Å². The molecule has 21 heavy (non-hydrogen) atoms. The van der Waals surface area contributed by atoms with Crippen LogP contribution in [0.1, 0.15) is 6.42 Å². The molecule has 0 saturated carbocycles. The highest BCUT2D eigenvalue weighted by Gasteiger charge is 2.34. The third kappa shape index (κ3) is 3.86. The minimum Gasteiger partial charge on any atom is -0.406 e. The van der Waals surface area contributed by atoms with Gasteiger partial charge in [0.25, 0.3) is 0 Å². The first-order valence-corrected chi connectivity index (χ1v) is 7.72. The van der Waals surface area contributed by atoms with E-state index in [0.29, 0.717) is 19.5 Å². The molecule has 0 aliphatic carbocycles. The van der Waals surface area contributed by atoms with Crippen LogP contribution in [0.25, 0.3) is 0 Å². The lowest BCUT2D eigenvalue weighted by molar-refractivity contribution is -0.274. The number of rotatable bonds is 4. The Morgan fingerprint density at radius 1 is 1.38 bits per heavy atom. The van der Waals surface area contributed by atoms with Crippen LogP contribution >= 0.6 is 0 Å². The number of ether oxygens (including phenoxy) is 1. The Hall–Kier alpha value is -1.32. The Morgan fingerprint density at radius 3 is 2.67 bits per heavy atom. The fraction of sp³-hybridized carbons (Fsp3) is 0.500. The van der Waals surface area contributed by atoms with Crippen LogP contribution < -0.4 is 10.5 Å². The average molecular weight is 324 g/mol. The van der Waals surface area contributed by atoms with Gasteiger partial charge in [0.05, 0.1) is 4.90 Å². The highest BCUT2D eigenvalue weighted by Crippen LogP contribution is 2.28. The van der Waals surface area contributed by atoms with Gasteiger partial charge < -0.3 is 10.5 Å². The van der Waals surface area contributed by atoms with Crippen LogP contribution in [0.2, 0.25) is 0 Å². The Balaban J connectivity index is 2.23. The molecule has 0 spiro atoms. The molecule has 1 unspecified atom stereocenters. The van der Waals surface area contributed by atoms with Gasteiger partial charge in [0.15, 0.2) is 0 Å². The van der Waals surface area contributed by atoms with Crippen LogP contribution in [0.4, 0.5) is 13.2 Å². The zero-order valence-corrected chi connectivity index (χ0v) is 11.8. The molecule has 2 N–H and O–H groups in total. The van der Waals surface area contributed by atoms with Crippen molar-refractivity contribution >= 4 is 10.0 Å². The van der Waals surface area contributed by atoms with E-state index in [1.54, 1.807) is 0 Å². The molecule has 9 heteroatoms. The van der Waals surface area contributed by atoms with E-state index in [1.807, 2.05) is 0 Å². The van der Waals surface area contributed by atoms with E-state index in [-0.39, 0.29) is 17.4 Å². The van der Waals surface area contributed by atoms with Crippen molar-refractivity contribution in [3.05, 3.63) is 24.3 Å². The van der Waals surface area contributed by atoms with Crippen molar-refractivity contribution in [3.8, 4) is 5.75 Å². The summed E-state index contributed by atoms with van der Waals surface area (Å²) in [5.41, 5.74) is 5.51. The third-order valence-corrected chi connectivity index (χ3v) is 5.12. The summed E-state index contributed by atoms with van der Waals surface area (Å²) in [7, 11) is -3.83. The summed E-state index contributed by atoms with van der Waals surface area (Å²) < 4.78 is 66.2. The van der Waals surface area contributed by atoms with Crippen molar-refractivity contribution in [2.24, 2.45) is 11.7 Å². The number of nitrogens with zero attached hydrogens (tertiary/aromatic N) is 1. The SMILES string of the molecule is NCC1CCN(S(=O)(=O)c2cccc(OC(F)(F)F)c2)C1. The Bertz CT molecular complexity index is 604. The van der Waals surface area contributed by atoms with Crippen LogP contribution in [0.5, 0.6) is 5.75 Å². The largest absolute Gasteiger partial charge is 0.573 e. The predicted molar refractivity (Wildman–Crippen MR) is 69.0 cm³/mol. The molecule has 1 aromatic carbocycles. The maximum atomic E-state index is 12.4. The van der Waals surface area contributed by atoms with Crippen LogP contribution in [-0.4, -0.2) is 38.7 Å². The van der Waals surface area contributed by atoms with E-state index in [0.717, 1.165) is 12.1 Å². The fourth-order valence-electron chi connectivity index (χ4n) is 2.19. The molecular weight excluding hydrogens is 309 g/mol. The molecule has 1 fully saturated rings. The number of hydrogen-bond donors (Lipinski definition) is 1. The van der Waals surface area contributed by atoms with Crippen LogP contribution in [0.3, 0.4) is 0 Å². The molecule has 5 nitrogen and oxygen atoms in total. The fourth-order valence-corrected chi connectivity index (χ4v) is 3.76. The van der Waals surface area contributed by atoms with Gasteiger partial charge in [-0.15, -0.1) is 13.2 Å². The molecule has 1 aliphatic rings. The number of nitrogens with two attached hydrogens (primary N) is 1. The van der Waals surface area contributed by atoms with E-state index in [9.17, 15) is 21.6 Å². The van der Waals surface area contributed by atoms with Crippen molar-refractivity contribution in [2.45, 2.75) is 17.7 Å². The summed E-state index contributed by atoms with van der Waals surface area (Å²) in [6.45, 7) is 0.973. The van der Waals surface area contributed by atoms with Gasteiger partial charge in [-0.25, -0.2) is 8.42 Å². The van der Waals surface area contributed by atoms with Crippen LogP contribution in [-0.2, 0) is 10.0 Å². The normalized spacial score (nSPS) is 20.7. The molecule has 118 valence electrons. The lowest BCUT2D eigenvalue weighted by Gasteiger charge is -2.17. The van der Waals surface area contributed by atoms with E-state index in [2.05, 4.69) is 4.74 Å². The molecular formula is C12H15F3N2O3S. The molecule has 0 radical (unpaired) electrons. The number of sulfonamides is 1. The first kappa shape index (κ1) is 16.1. The van der Waals surface area contributed by atoms with Gasteiger partial charge in [-0.1, -0.05) is 6.07 Å². The van der Waals surface area contributed by atoms with Crippen molar-refractivity contribution in [2.75, 3.05) is 19.6 Å². The van der Waals surface area contributed by atoms with Crippen molar-refractivity contribution in [1.29, 1.82) is 0 Å². The predicted octanol–water partition coefficient (Wildman–Crippen LogP) is 1.55. The Morgan fingerprint density at radius 2 is 2.10 bits per heavy atom. The lowest BCUT2D eigenvalue weighted by atomic mass is 10.1. The number of alkyl halides is 3. The highest BCUT2D eigenvalue weighted by molar-refractivity contribution is 7.89. The second kappa shape index (κ2) is 5.82. The minimum atomic E-state index is -4.86. The Kier molecular flexibility index (Phi) is 4.45. The summed E-state index contributed by atoms with van der Waals surface area (Å²) in [6, 6.07) is 4.39. The molecule has 0 aromatic heterocycles. The monoisotopic (exact) mass is 324 g/mol. The highest BCUT2D eigenvalue weighted by atomic mass is 32.2. The zero-order valence-electron chi connectivity index (χ0n) is 11.0. The molecule has 1 heterocycles. The first-order valence-electron chi connectivity index (χ1n) is 6.28. The van der Waals surface area contributed by atoms with E-state index >= 15 is 0 Å². The second-order valence-electron chi connectivity index (χ2n) is 4.78. The first-order chi connectivity index (χ1) is 9.72. The second-order valence-corrected chi connectivity index (χ2v) is 6.71. The third-order valence-electron chi connectivity index (χ3n) is 3.26. The van der Waals surface area contributed by atoms with E-state index in [1.165, 1.54) is 16.4 Å². The van der Waals surface area contributed by atoms with Crippen molar-refractivity contribution in [1.82, 2.24) is 4.31 Å². The van der Waals surface area contributed by atoms with Gasteiger partial charge in [-0.2, -0.15) is 4.31 Å². The summed E-state index contributed by atoms with van der Waals surface area (Å²) in [5.74, 6) is -0.479. The quantitative estimate of drug-likeness (QED) is 0.912. The molecule has 0 amide bonds. The van der Waals surface area contributed by atoms with Crippen molar-refractivity contribution < 1.29 is 26.3 Å². The number of benzene rings is 1. The van der Waals surface area contributed by atoms with Gasteiger partial charge in [0.2, 0.25) is 10.0 Å². The molecule has 1 aromatic rings. The standard InChI is InChI=1S/C12H15F3N2O3S/c13-12(14,15)20-10-2-1-3-11(6-10)21(18,19)17-5-4-9(7-16)8-17/h1-3,6,9H,4-5,7-8,16H2. The molecule has 0 bridgehead atoms. The van der Waals surface area contributed by atoms with Crippen LogP contribution in [0.15, 0.2) is 29.2 Å². The summed E-state index contributed by atoms with van der Waals surface area (Å²) in [4.78, 5) is -0.220. The lowest BCUT2D eigenvalue weighted by Crippen LogP contribution is -2.30. The Labute approximate surface area is 120 Å². The number of halogens is 3. The van der Waals surface area contributed by atoms with E-state index < -0.39 is 22.1 Å². The minimum absolute atomic E-state index is 0.0781. The van der Waals surface area contributed by atoms with E-state index in [4.69, 9.17) is 5.73 Å². The van der Waals surface area contributed by atoms with Gasteiger partial charge in [-0.3, -0.25) is 0 Å². The summed E-state index contributed by atoms with van der Waals surface area (Å²) in [5, 5.41) is 0. The van der Waals surface area contributed by atoms with Gasteiger partial charge in [0, 0.05) is 19.2 Å². The van der Waals surface area contributed by atoms with Gasteiger partial charge in [-0.05, 0) is 31.0 Å². The summed E-state index contributed by atoms with van der Waals surface area (Å²) >= 11 is 0. The maximum absolute atomic E-state index is 12.4.